The molecule has 1 unspecified atom stereocenters. The number of fused-ring (bicyclic) bond motifs is 1. The van der Waals surface area contributed by atoms with Crippen LogP contribution < -0.4 is 5.32 Å². The molecule has 2 aromatic rings. The second kappa shape index (κ2) is 5.31. The Morgan fingerprint density at radius 2 is 2.32 bits per heavy atom. The van der Waals surface area contributed by atoms with Crippen molar-refractivity contribution in [1.29, 1.82) is 0 Å². The smallest absolute Gasteiger partial charge is 0.263 e. The molecule has 19 heavy (non-hydrogen) atoms. The zero-order chi connectivity index (χ0) is 13.2. The fourth-order valence-corrected chi connectivity index (χ4v) is 3.66. The van der Waals surface area contributed by atoms with Gasteiger partial charge < -0.3 is 10.2 Å². The summed E-state index contributed by atoms with van der Waals surface area (Å²) in [6, 6.07) is 10.6. The van der Waals surface area contributed by atoms with Crippen LogP contribution in [0, 0.1) is 0 Å². The lowest BCUT2D eigenvalue weighted by atomic mass is 10.2. The molecule has 0 spiro atoms. The number of hydrogen-bond acceptors (Lipinski definition) is 3. The van der Waals surface area contributed by atoms with Crippen molar-refractivity contribution in [2.45, 2.75) is 18.9 Å². The van der Waals surface area contributed by atoms with Gasteiger partial charge in [0.05, 0.1) is 4.88 Å². The lowest BCUT2D eigenvalue weighted by Gasteiger charge is -2.20. The van der Waals surface area contributed by atoms with Gasteiger partial charge in [-0.3, -0.25) is 4.79 Å². The Kier molecular flexibility index (Phi) is 3.53. The van der Waals surface area contributed by atoms with E-state index in [2.05, 4.69) is 17.4 Å². The summed E-state index contributed by atoms with van der Waals surface area (Å²) in [6.45, 7) is 1.88. The molecule has 1 atom stereocenters. The quantitative estimate of drug-likeness (QED) is 0.933. The van der Waals surface area contributed by atoms with Gasteiger partial charge in [0.25, 0.3) is 5.91 Å². The monoisotopic (exact) mass is 274 g/mol. The number of nitrogens with zero attached hydrogens (tertiary/aromatic N) is 1. The zero-order valence-electron chi connectivity index (χ0n) is 11.1. The Balaban J connectivity index is 1.74. The van der Waals surface area contributed by atoms with Crippen molar-refractivity contribution < 1.29 is 4.79 Å². The van der Waals surface area contributed by atoms with Crippen molar-refractivity contribution in [2.75, 3.05) is 20.1 Å². The van der Waals surface area contributed by atoms with Gasteiger partial charge in [-0.25, -0.2) is 0 Å². The third-order valence-electron chi connectivity index (χ3n) is 3.64. The molecule has 1 aromatic carbocycles. The molecule has 2 heterocycles. The summed E-state index contributed by atoms with van der Waals surface area (Å²) in [5.41, 5.74) is 0. The molecule has 1 amide bonds. The first-order chi connectivity index (χ1) is 9.24. The van der Waals surface area contributed by atoms with E-state index in [1.807, 2.05) is 30.1 Å². The van der Waals surface area contributed by atoms with Crippen molar-refractivity contribution in [3.05, 3.63) is 35.2 Å². The molecule has 0 saturated carbocycles. The van der Waals surface area contributed by atoms with Gasteiger partial charge in [0, 0.05) is 24.3 Å². The van der Waals surface area contributed by atoms with Gasteiger partial charge in [0.1, 0.15) is 0 Å². The van der Waals surface area contributed by atoms with Gasteiger partial charge >= 0.3 is 0 Å². The van der Waals surface area contributed by atoms with E-state index in [1.54, 1.807) is 11.3 Å². The largest absolute Gasteiger partial charge is 0.339 e. The molecule has 1 saturated heterocycles. The molecule has 0 bridgehead atoms. The van der Waals surface area contributed by atoms with Crippen LogP contribution in [0.1, 0.15) is 22.5 Å². The summed E-state index contributed by atoms with van der Waals surface area (Å²) >= 11 is 1.58. The van der Waals surface area contributed by atoms with Crippen molar-refractivity contribution >= 4 is 27.3 Å². The van der Waals surface area contributed by atoms with Crippen LogP contribution in [0.3, 0.4) is 0 Å². The van der Waals surface area contributed by atoms with Crippen LogP contribution >= 0.6 is 11.3 Å². The van der Waals surface area contributed by atoms with Crippen LogP contribution in [-0.4, -0.2) is 37.0 Å². The Labute approximate surface area is 117 Å². The molecule has 0 radical (unpaired) electrons. The van der Waals surface area contributed by atoms with E-state index in [-0.39, 0.29) is 5.91 Å². The Hall–Kier alpha value is -1.39. The molecule has 1 N–H and O–H groups in total. The Morgan fingerprint density at radius 1 is 1.47 bits per heavy atom. The molecule has 100 valence electrons. The summed E-state index contributed by atoms with van der Waals surface area (Å²) in [6.07, 6.45) is 2.39. The maximum Gasteiger partial charge on any atom is 0.263 e. The second-order valence-corrected chi connectivity index (χ2v) is 6.21. The molecule has 3 nitrogen and oxygen atoms in total. The number of amides is 1. The standard InChI is InChI=1S/C15H18N2OS/c1-17(10-12-6-4-8-16-12)15(18)14-9-11-5-2-3-7-13(11)19-14/h2-3,5,7,9,12,16H,4,6,8,10H2,1H3. The lowest BCUT2D eigenvalue weighted by Crippen LogP contribution is -2.38. The van der Waals surface area contributed by atoms with E-state index in [1.165, 1.54) is 17.5 Å². The topological polar surface area (TPSA) is 32.3 Å². The number of hydrogen-bond donors (Lipinski definition) is 1. The fraction of sp³-hybridized carbons (Fsp3) is 0.400. The van der Waals surface area contributed by atoms with Gasteiger partial charge in [-0.15, -0.1) is 11.3 Å². The summed E-state index contributed by atoms with van der Waals surface area (Å²) in [5.74, 6) is 0.134. The van der Waals surface area contributed by atoms with Gasteiger partial charge in [-0.1, -0.05) is 18.2 Å². The van der Waals surface area contributed by atoms with E-state index in [9.17, 15) is 4.79 Å². The van der Waals surface area contributed by atoms with E-state index in [4.69, 9.17) is 0 Å². The van der Waals surface area contributed by atoms with E-state index >= 15 is 0 Å². The van der Waals surface area contributed by atoms with Crippen molar-refractivity contribution in [1.82, 2.24) is 10.2 Å². The second-order valence-electron chi connectivity index (χ2n) is 5.13. The minimum atomic E-state index is 0.134. The molecular formula is C15H18N2OS. The van der Waals surface area contributed by atoms with Crippen LogP contribution in [0.15, 0.2) is 30.3 Å². The van der Waals surface area contributed by atoms with E-state index < -0.39 is 0 Å². The predicted molar refractivity (Wildman–Crippen MR) is 79.8 cm³/mol. The van der Waals surface area contributed by atoms with Crippen LogP contribution in [0.4, 0.5) is 0 Å². The highest BCUT2D eigenvalue weighted by Gasteiger charge is 2.20. The number of thiophene rings is 1. The summed E-state index contributed by atoms with van der Waals surface area (Å²) < 4.78 is 1.18. The average Bonchev–Trinajstić information content (AvgIpc) is 3.05. The van der Waals surface area contributed by atoms with Gasteiger partial charge in [-0.2, -0.15) is 0 Å². The molecule has 1 aromatic heterocycles. The molecule has 3 rings (SSSR count). The van der Waals surface area contributed by atoms with E-state index in [0.717, 1.165) is 23.4 Å². The Bertz CT molecular complexity index is 554. The van der Waals surface area contributed by atoms with Crippen molar-refractivity contribution in [3.8, 4) is 0 Å². The summed E-state index contributed by atoms with van der Waals surface area (Å²) in [5, 5.41) is 4.59. The fourth-order valence-electron chi connectivity index (χ4n) is 2.60. The maximum absolute atomic E-state index is 12.4. The molecule has 1 aliphatic rings. The zero-order valence-corrected chi connectivity index (χ0v) is 11.9. The van der Waals surface area contributed by atoms with E-state index in [0.29, 0.717) is 6.04 Å². The van der Waals surface area contributed by atoms with Crippen LogP contribution in [0.5, 0.6) is 0 Å². The minimum Gasteiger partial charge on any atom is -0.339 e. The number of likely N-dealkylation sites (N-methyl/N-ethyl adjacent to an activating group) is 1. The highest BCUT2D eigenvalue weighted by molar-refractivity contribution is 7.20. The number of benzene rings is 1. The SMILES string of the molecule is CN(CC1CCCN1)C(=O)c1cc2ccccc2s1. The third-order valence-corrected chi connectivity index (χ3v) is 4.74. The van der Waals surface area contributed by atoms with Gasteiger partial charge in [0.2, 0.25) is 0 Å². The van der Waals surface area contributed by atoms with Crippen molar-refractivity contribution in [3.63, 3.8) is 0 Å². The molecule has 1 fully saturated rings. The Morgan fingerprint density at radius 3 is 3.05 bits per heavy atom. The first-order valence-electron chi connectivity index (χ1n) is 6.71. The van der Waals surface area contributed by atoms with Gasteiger partial charge in [-0.05, 0) is 36.9 Å². The molecule has 1 aliphatic heterocycles. The first-order valence-corrected chi connectivity index (χ1v) is 7.53. The predicted octanol–water partition coefficient (Wildman–Crippen LogP) is 2.73. The first kappa shape index (κ1) is 12.6. The third kappa shape index (κ3) is 2.65. The normalized spacial score (nSPS) is 18.9. The highest BCUT2D eigenvalue weighted by Crippen LogP contribution is 2.26. The number of nitrogens with one attached hydrogen (secondary N) is 1. The minimum absolute atomic E-state index is 0.134. The maximum atomic E-state index is 12.4. The number of carbonyl (C=O) groups excluding carboxylic acids is 1. The van der Waals surface area contributed by atoms with Crippen LogP contribution in [0.25, 0.3) is 10.1 Å². The summed E-state index contributed by atoms with van der Waals surface area (Å²) in [7, 11) is 1.90. The van der Waals surface area contributed by atoms with Crippen LogP contribution in [-0.2, 0) is 0 Å². The average molecular weight is 274 g/mol. The molecule has 4 heteroatoms. The van der Waals surface area contributed by atoms with Crippen LogP contribution in [0.2, 0.25) is 0 Å². The highest BCUT2D eigenvalue weighted by atomic mass is 32.1. The lowest BCUT2D eigenvalue weighted by molar-refractivity contribution is 0.0788. The molecular weight excluding hydrogens is 256 g/mol. The van der Waals surface area contributed by atoms with Crippen molar-refractivity contribution in [2.24, 2.45) is 0 Å². The van der Waals surface area contributed by atoms with Gasteiger partial charge in [0.15, 0.2) is 0 Å². The summed E-state index contributed by atoms with van der Waals surface area (Å²) in [4.78, 5) is 15.1. The number of rotatable bonds is 3. The number of carbonyl (C=O) groups is 1. The molecule has 0 aliphatic carbocycles.